The number of urea groups is 1. The van der Waals surface area contributed by atoms with E-state index in [9.17, 15) is 22.8 Å². The van der Waals surface area contributed by atoms with Crippen molar-refractivity contribution < 1.29 is 22.8 Å². The standard InChI is InChI=1S/C28H39F3N8O2/c1-27(2,3)37-26(41)35-22-8-6-5-7-21(22)34-23-20(28(29,30)31)17-32-25(36-23)33-19-11-9-18(10-12-19)24(40)39-15-13-38(4)14-16-39/h9-12,17,21-22H,5-8,13-16H2,1-4H3,(H2,35,37,41)(H2,32,33,34,36)/t21-,22+/m1/s1. The van der Waals surface area contributed by atoms with Crippen LogP contribution in [0.25, 0.3) is 0 Å². The molecule has 2 heterocycles. The van der Waals surface area contributed by atoms with Gasteiger partial charge in [-0.3, -0.25) is 4.79 Å². The lowest BCUT2D eigenvalue weighted by Crippen LogP contribution is -2.55. The largest absolute Gasteiger partial charge is 0.421 e. The Kier molecular flexibility index (Phi) is 9.25. The fourth-order valence-electron chi connectivity index (χ4n) is 4.97. The minimum Gasteiger partial charge on any atom is -0.365 e. The average Bonchev–Trinajstić information content (AvgIpc) is 2.89. The summed E-state index contributed by atoms with van der Waals surface area (Å²) in [4.78, 5) is 37.4. The maximum Gasteiger partial charge on any atom is 0.421 e. The van der Waals surface area contributed by atoms with E-state index in [0.29, 0.717) is 37.2 Å². The lowest BCUT2D eigenvalue weighted by Gasteiger charge is -2.34. The molecule has 2 aliphatic rings. The zero-order chi connectivity index (χ0) is 29.8. The summed E-state index contributed by atoms with van der Waals surface area (Å²) in [6.07, 6.45) is -1.05. The van der Waals surface area contributed by atoms with E-state index in [4.69, 9.17) is 0 Å². The third kappa shape index (κ3) is 8.44. The van der Waals surface area contributed by atoms with Crippen LogP contribution in [-0.2, 0) is 6.18 Å². The van der Waals surface area contributed by atoms with Gasteiger partial charge in [0.2, 0.25) is 5.95 Å². The summed E-state index contributed by atoms with van der Waals surface area (Å²) < 4.78 is 41.7. The second-order valence-electron chi connectivity index (χ2n) is 11.7. The normalized spacial score (nSPS) is 20.3. The molecule has 1 aliphatic carbocycles. The first-order valence-corrected chi connectivity index (χ1v) is 13.9. The monoisotopic (exact) mass is 576 g/mol. The molecular weight excluding hydrogens is 537 g/mol. The van der Waals surface area contributed by atoms with Gasteiger partial charge in [-0.05, 0) is 64.9 Å². The minimum absolute atomic E-state index is 0.0237. The van der Waals surface area contributed by atoms with E-state index < -0.39 is 23.3 Å². The molecule has 4 N–H and O–H groups in total. The van der Waals surface area contributed by atoms with E-state index in [1.54, 1.807) is 29.2 Å². The van der Waals surface area contributed by atoms with Crippen LogP contribution in [0.3, 0.4) is 0 Å². The molecule has 0 radical (unpaired) electrons. The van der Waals surface area contributed by atoms with Crippen molar-refractivity contribution in [2.75, 3.05) is 43.9 Å². The highest BCUT2D eigenvalue weighted by Crippen LogP contribution is 2.35. The Balaban J connectivity index is 1.48. The van der Waals surface area contributed by atoms with Crippen molar-refractivity contribution in [3.05, 3.63) is 41.6 Å². The van der Waals surface area contributed by atoms with E-state index in [2.05, 4.69) is 36.1 Å². The Morgan fingerprint density at radius 1 is 0.951 bits per heavy atom. The molecule has 1 aliphatic heterocycles. The lowest BCUT2D eigenvalue weighted by molar-refractivity contribution is -0.137. The van der Waals surface area contributed by atoms with Crippen molar-refractivity contribution in [3.63, 3.8) is 0 Å². The Morgan fingerprint density at radius 2 is 1.59 bits per heavy atom. The Hall–Kier alpha value is -3.61. The zero-order valence-electron chi connectivity index (χ0n) is 23.9. The van der Waals surface area contributed by atoms with Gasteiger partial charge in [0.1, 0.15) is 11.4 Å². The number of alkyl halides is 3. The fourth-order valence-corrected chi connectivity index (χ4v) is 4.97. The first-order valence-electron chi connectivity index (χ1n) is 13.9. The Morgan fingerprint density at radius 3 is 2.20 bits per heavy atom. The van der Waals surface area contributed by atoms with Crippen LogP contribution in [-0.4, -0.2) is 82.6 Å². The summed E-state index contributed by atoms with van der Waals surface area (Å²) in [6.45, 7) is 8.50. The lowest BCUT2D eigenvalue weighted by atomic mass is 9.90. The number of nitrogens with one attached hydrogen (secondary N) is 4. The highest BCUT2D eigenvalue weighted by Gasteiger charge is 2.37. The number of rotatable bonds is 6. The van der Waals surface area contributed by atoms with Gasteiger partial charge >= 0.3 is 12.2 Å². The quantitative estimate of drug-likeness (QED) is 0.402. The van der Waals surface area contributed by atoms with Crippen molar-refractivity contribution in [3.8, 4) is 0 Å². The van der Waals surface area contributed by atoms with Crippen LogP contribution in [0, 0.1) is 0 Å². The maximum atomic E-state index is 13.9. The third-order valence-electron chi connectivity index (χ3n) is 7.17. The van der Waals surface area contributed by atoms with Crippen LogP contribution >= 0.6 is 0 Å². The summed E-state index contributed by atoms with van der Waals surface area (Å²) in [6, 6.07) is 5.51. The molecule has 1 aromatic carbocycles. The molecule has 3 amide bonds. The van der Waals surface area contributed by atoms with E-state index in [1.807, 2.05) is 27.8 Å². The molecule has 4 rings (SSSR count). The molecule has 2 aromatic rings. The van der Waals surface area contributed by atoms with Gasteiger partial charge in [-0.2, -0.15) is 18.2 Å². The van der Waals surface area contributed by atoms with Crippen molar-refractivity contribution in [2.45, 2.75) is 70.3 Å². The van der Waals surface area contributed by atoms with Crippen molar-refractivity contribution in [1.82, 2.24) is 30.4 Å². The first kappa shape index (κ1) is 30.4. The van der Waals surface area contributed by atoms with Crippen LogP contribution in [0.4, 0.5) is 35.4 Å². The molecule has 1 aromatic heterocycles. The molecule has 41 heavy (non-hydrogen) atoms. The molecular formula is C28H39F3N8O2. The first-order chi connectivity index (χ1) is 19.3. The van der Waals surface area contributed by atoms with E-state index in [-0.39, 0.29) is 29.7 Å². The Labute approximate surface area is 238 Å². The molecule has 1 saturated heterocycles. The third-order valence-corrected chi connectivity index (χ3v) is 7.17. The van der Waals surface area contributed by atoms with Gasteiger partial charge in [0.15, 0.2) is 0 Å². The molecule has 0 bridgehead atoms. The van der Waals surface area contributed by atoms with Crippen LogP contribution < -0.4 is 21.3 Å². The number of hydrogen-bond acceptors (Lipinski definition) is 7. The summed E-state index contributed by atoms with van der Waals surface area (Å²) in [5, 5.41) is 11.6. The molecule has 1 saturated carbocycles. The number of amides is 3. The molecule has 0 unspecified atom stereocenters. The maximum absolute atomic E-state index is 13.9. The van der Waals surface area contributed by atoms with Gasteiger partial charge in [0.25, 0.3) is 5.91 Å². The van der Waals surface area contributed by atoms with Crippen LogP contribution in [0.5, 0.6) is 0 Å². The van der Waals surface area contributed by atoms with Crippen molar-refractivity contribution in [2.24, 2.45) is 0 Å². The summed E-state index contributed by atoms with van der Waals surface area (Å²) in [7, 11) is 2.02. The highest BCUT2D eigenvalue weighted by atomic mass is 19.4. The number of likely N-dealkylation sites (N-methyl/N-ethyl adjacent to an activating group) is 1. The predicted octanol–water partition coefficient (Wildman–Crippen LogP) is 4.45. The van der Waals surface area contributed by atoms with Crippen LogP contribution in [0.2, 0.25) is 0 Å². The number of aromatic nitrogens is 2. The summed E-state index contributed by atoms with van der Waals surface area (Å²) in [5.41, 5.74) is -0.377. The number of nitrogens with zero attached hydrogens (tertiary/aromatic N) is 4. The molecule has 224 valence electrons. The molecule has 10 nitrogen and oxygen atoms in total. The van der Waals surface area contributed by atoms with Crippen molar-refractivity contribution >= 4 is 29.4 Å². The fraction of sp³-hybridized carbons (Fsp3) is 0.571. The number of carbonyl (C=O) groups excluding carboxylic acids is 2. The number of carbonyl (C=O) groups is 2. The van der Waals surface area contributed by atoms with Crippen LogP contribution in [0.1, 0.15) is 62.4 Å². The zero-order valence-corrected chi connectivity index (χ0v) is 23.9. The van der Waals surface area contributed by atoms with E-state index in [1.165, 1.54) is 0 Å². The summed E-state index contributed by atoms with van der Waals surface area (Å²) >= 11 is 0. The second-order valence-corrected chi connectivity index (χ2v) is 11.7. The smallest absolute Gasteiger partial charge is 0.365 e. The van der Waals surface area contributed by atoms with Crippen LogP contribution in [0.15, 0.2) is 30.5 Å². The minimum atomic E-state index is -4.67. The number of benzene rings is 1. The van der Waals surface area contributed by atoms with E-state index >= 15 is 0 Å². The topological polar surface area (TPSA) is 115 Å². The van der Waals surface area contributed by atoms with Gasteiger partial charge in [0.05, 0.1) is 6.04 Å². The number of piperazine rings is 1. The van der Waals surface area contributed by atoms with Gasteiger partial charge < -0.3 is 31.1 Å². The van der Waals surface area contributed by atoms with Gasteiger partial charge in [-0.25, -0.2) is 9.78 Å². The number of halogens is 3. The Bertz CT molecular complexity index is 1210. The highest BCUT2D eigenvalue weighted by molar-refractivity contribution is 5.94. The van der Waals surface area contributed by atoms with Gasteiger partial charge in [-0.15, -0.1) is 0 Å². The second kappa shape index (κ2) is 12.5. The molecule has 0 spiro atoms. The van der Waals surface area contributed by atoms with E-state index in [0.717, 1.165) is 32.1 Å². The van der Waals surface area contributed by atoms with Gasteiger partial charge in [-0.1, -0.05) is 12.8 Å². The molecule has 2 fully saturated rings. The number of hydrogen-bond donors (Lipinski definition) is 4. The van der Waals surface area contributed by atoms with Gasteiger partial charge in [0, 0.05) is 55.2 Å². The predicted molar refractivity (Wildman–Crippen MR) is 151 cm³/mol. The average molecular weight is 577 g/mol. The summed E-state index contributed by atoms with van der Waals surface area (Å²) in [5.74, 6) is -0.440. The van der Waals surface area contributed by atoms with Crippen molar-refractivity contribution in [1.29, 1.82) is 0 Å². The molecule has 13 heteroatoms. The SMILES string of the molecule is CN1CCN(C(=O)c2ccc(Nc3ncc(C(F)(F)F)c(N[C@@H]4CCCC[C@@H]4NC(=O)NC(C)(C)C)n3)cc2)CC1. The molecule has 2 atom stereocenters. The number of anilines is 3.